The molecule has 0 saturated carbocycles. The van der Waals surface area contributed by atoms with E-state index in [0.29, 0.717) is 4.56 Å². The van der Waals surface area contributed by atoms with Gasteiger partial charge >= 0.3 is 20.3 Å². The highest BCUT2D eigenvalue weighted by atomic mass is 35.6. The first-order valence-electron chi connectivity index (χ1n) is 2.88. The van der Waals surface area contributed by atoms with E-state index in [-0.39, 0.29) is 5.69 Å². The van der Waals surface area contributed by atoms with Gasteiger partial charge < -0.3 is 5.11 Å². The summed E-state index contributed by atoms with van der Waals surface area (Å²) in [5.74, 6) is -1.02. The summed E-state index contributed by atoms with van der Waals surface area (Å²) in [7, 11) is 5.53. The third-order valence-electron chi connectivity index (χ3n) is 1.10. The molecule has 0 aliphatic heterocycles. The summed E-state index contributed by atoms with van der Waals surface area (Å²) in [5, 5.41) is 8.51. The molecule has 1 aromatic heterocycles. The quantitative estimate of drug-likeness (QED) is 0.671. The van der Waals surface area contributed by atoms with Gasteiger partial charge in [0.25, 0.3) is 0 Å². The first kappa shape index (κ1) is 8.54. The van der Waals surface area contributed by atoms with Crippen LogP contribution in [0, 0.1) is 0 Å². The number of carboxylic acids is 1. The van der Waals surface area contributed by atoms with Crippen LogP contribution in [0.1, 0.15) is 10.5 Å². The Hall–Kier alpha value is -0.558. The van der Waals surface area contributed by atoms with Crippen LogP contribution in [0.3, 0.4) is 0 Å². The summed E-state index contributed by atoms with van der Waals surface area (Å²) in [6.07, 6.45) is 0. The van der Waals surface area contributed by atoms with Crippen molar-refractivity contribution in [2.75, 3.05) is 0 Å². The Morgan fingerprint density at radius 1 is 1.64 bits per heavy atom. The van der Waals surface area contributed by atoms with Gasteiger partial charge in [0.2, 0.25) is 0 Å². The summed E-state index contributed by atoms with van der Waals surface area (Å²) in [6.45, 7) is 0. The fourth-order valence-electron chi connectivity index (χ4n) is 0.631. The second kappa shape index (κ2) is 3.72. The Kier molecular flexibility index (Phi) is 2.89. The number of carbonyl (C=O) groups is 1. The second-order valence-electron chi connectivity index (χ2n) is 1.86. The molecule has 0 atom stereocenters. The van der Waals surface area contributed by atoms with Crippen LogP contribution in [0.4, 0.5) is 0 Å². The highest BCUT2D eigenvalue weighted by Gasteiger charge is 2.04. The zero-order valence-corrected chi connectivity index (χ0v) is 7.40. The number of hydrogen-bond acceptors (Lipinski definition) is 2. The van der Waals surface area contributed by atoms with Crippen LogP contribution in [0.15, 0.2) is 18.2 Å². The fourth-order valence-corrected chi connectivity index (χ4v) is 1.37. The van der Waals surface area contributed by atoms with Gasteiger partial charge in [-0.2, -0.15) is 0 Å². The molecule has 0 aromatic carbocycles. The minimum Gasteiger partial charge on any atom is -0.477 e. The monoisotopic (exact) mass is 184 g/mol. The van der Waals surface area contributed by atoms with Crippen LogP contribution in [-0.4, -0.2) is 30.4 Å². The molecular formula is C6H4AlClNO2. The number of hydrogen-bond donors (Lipinski definition) is 1. The molecule has 0 unspecified atom stereocenters. The van der Waals surface area contributed by atoms with Crippen molar-refractivity contribution in [3.05, 3.63) is 23.9 Å². The summed E-state index contributed by atoms with van der Waals surface area (Å²) >= 11 is -0.424. The lowest BCUT2D eigenvalue weighted by molar-refractivity contribution is 0.0691. The van der Waals surface area contributed by atoms with E-state index in [0.717, 1.165) is 0 Å². The molecule has 3 nitrogen and oxygen atoms in total. The smallest absolute Gasteiger partial charge is 0.429 e. The SMILES string of the molecule is O=C(O)c1ccc[c]([Al][Cl])n1. The zero-order chi connectivity index (χ0) is 8.27. The number of carboxylic acid groups (broad SMARTS) is 1. The van der Waals surface area contributed by atoms with Gasteiger partial charge in [0, 0.05) is 0 Å². The van der Waals surface area contributed by atoms with E-state index in [2.05, 4.69) is 4.98 Å². The van der Waals surface area contributed by atoms with Crippen LogP contribution in [-0.2, 0) is 0 Å². The van der Waals surface area contributed by atoms with Gasteiger partial charge in [-0.05, 0) is 10.6 Å². The number of aromatic nitrogens is 1. The van der Waals surface area contributed by atoms with E-state index >= 15 is 0 Å². The predicted molar refractivity (Wildman–Crippen MR) is 42.4 cm³/mol. The van der Waals surface area contributed by atoms with E-state index < -0.39 is 20.3 Å². The molecule has 1 N–H and O–H groups in total. The molecule has 0 bridgehead atoms. The van der Waals surface area contributed by atoms with E-state index in [4.69, 9.17) is 15.2 Å². The van der Waals surface area contributed by atoms with E-state index in [1.54, 1.807) is 12.1 Å². The van der Waals surface area contributed by atoms with Crippen molar-refractivity contribution in [2.24, 2.45) is 0 Å². The minimum atomic E-state index is -1.02. The van der Waals surface area contributed by atoms with Gasteiger partial charge in [-0.15, -0.1) is 0 Å². The molecule has 1 aromatic rings. The second-order valence-corrected chi connectivity index (χ2v) is 3.33. The Labute approximate surface area is 73.9 Å². The van der Waals surface area contributed by atoms with Crippen LogP contribution >= 0.6 is 10.0 Å². The fraction of sp³-hybridized carbons (Fsp3) is 0. The lowest BCUT2D eigenvalue weighted by Gasteiger charge is -1.94. The normalized spacial score (nSPS) is 9.18. The summed E-state index contributed by atoms with van der Waals surface area (Å²) < 4.78 is 0.659. The molecule has 1 heterocycles. The van der Waals surface area contributed by atoms with Crippen LogP contribution in [0.2, 0.25) is 0 Å². The third-order valence-corrected chi connectivity index (χ3v) is 2.32. The van der Waals surface area contributed by atoms with E-state index in [1.807, 2.05) is 0 Å². The Bertz CT molecular complexity index is 279. The molecule has 1 radical (unpaired) electrons. The topological polar surface area (TPSA) is 50.2 Å². The molecule has 0 spiro atoms. The number of halogens is 1. The van der Waals surface area contributed by atoms with Crippen molar-refractivity contribution in [1.29, 1.82) is 0 Å². The number of rotatable bonds is 2. The maximum Gasteiger partial charge on any atom is 0.429 e. The van der Waals surface area contributed by atoms with Gasteiger partial charge in [-0.3, -0.25) is 15.0 Å². The van der Waals surface area contributed by atoms with Gasteiger partial charge in [-0.1, -0.05) is 12.1 Å². The highest BCUT2D eigenvalue weighted by Crippen LogP contribution is 1.90. The van der Waals surface area contributed by atoms with Gasteiger partial charge in [0.1, 0.15) is 5.69 Å². The highest BCUT2D eigenvalue weighted by molar-refractivity contribution is 7.00. The number of pyridine rings is 1. The van der Waals surface area contributed by atoms with Gasteiger partial charge in [-0.25, -0.2) is 4.79 Å². The van der Waals surface area contributed by atoms with Crippen molar-refractivity contribution >= 4 is 34.9 Å². The Morgan fingerprint density at radius 2 is 2.36 bits per heavy atom. The van der Waals surface area contributed by atoms with Crippen molar-refractivity contribution in [3.63, 3.8) is 0 Å². The summed E-state index contributed by atoms with van der Waals surface area (Å²) in [5.41, 5.74) is 0.0515. The summed E-state index contributed by atoms with van der Waals surface area (Å²) in [4.78, 5) is 14.2. The Balaban J connectivity index is 3.01. The number of nitrogens with zero attached hydrogens (tertiary/aromatic N) is 1. The molecule has 55 valence electrons. The molecular weight excluding hydrogens is 181 g/mol. The standard InChI is InChI=1S/C6H4NO2.Al.ClH/c8-6(9)5-3-1-2-4-7-5;;/h1-3H,(H,8,9);;1H/q;+1;/p-1. The zero-order valence-electron chi connectivity index (χ0n) is 5.49. The molecule has 0 aliphatic carbocycles. The lowest BCUT2D eigenvalue weighted by Crippen LogP contribution is -2.17. The van der Waals surface area contributed by atoms with Crippen molar-refractivity contribution in [3.8, 4) is 0 Å². The third kappa shape index (κ3) is 2.19. The molecule has 11 heavy (non-hydrogen) atoms. The lowest BCUT2D eigenvalue weighted by atomic mass is 10.4. The maximum atomic E-state index is 10.4. The maximum absolute atomic E-state index is 10.4. The number of aromatic carboxylic acids is 1. The van der Waals surface area contributed by atoms with Crippen LogP contribution in [0.25, 0.3) is 0 Å². The largest absolute Gasteiger partial charge is 0.477 e. The first-order valence-corrected chi connectivity index (χ1v) is 5.20. The molecule has 0 saturated heterocycles. The molecule has 0 amide bonds. The predicted octanol–water partition coefficient (Wildman–Crippen LogP) is 0.263. The average Bonchev–Trinajstić information content (AvgIpc) is 2.05. The Morgan fingerprint density at radius 3 is 2.91 bits per heavy atom. The minimum absolute atomic E-state index is 0.0515. The summed E-state index contributed by atoms with van der Waals surface area (Å²) in [6, 6.07) is 4.80. The van der Waals surface area contributed by atoms with Crippen molar-refractivity contribution in [1.82, 2.24) is 4.98 Å². The first-order chi connectivity index (χ1) is 5.24. The van der Waals surface area contributed by atoms with Crippen LogP contribution in [0.5, 0.6) is 0 Å². The molecule has 0 aliphatic rings. The van der Waals surface area contributed by atoms with Gasteiger partial charge in [0.15, 0.2) is 0 Å². The average molecular weight is 185 g/mol. The molecule has 1 rings (SSSR count). The molecule has 5 heteroatoms. The van der Waals surface area contributed by atoms with Gasteiger partial charge in [0.05, 0.1) is 0 Å². The van der Waals surface area contributed by atoms with E-state index in [9.17, 15) is 4.79 Å². The van der Waals surface area contributed by atoms with Crippen molar-refractivity contribution in [2.45, 2.75) is 0 Å². The van der Waals surface area contributed by atoms with Crippen LogP contribution < -0.4 is 4.56 Å². The van der Waals surface area contributed by atoms with E-state index in [1.165, 1.54) is 6.07 Å². The molecule has 0 fully saturated rings. The van der Waals surface area contributed by atoms with Crippen molar-refractivity contribution < 1.29 is 9.90 Å².